The van der Waals surface area contributed by atoms with Crippen LogP contribution >= 0.6 is 0 Å². The predicted octanol–water partition coefficient (Wildman–Crippen LogP) is 3.49. The van der Waals surface area contributed by atoms with Crippen molar-refractivity contribution in [3.05, 3.63) is 23.8 Å². The molecule has 0 saturated carbocycles. The molecule has 0 aliphatic carbocycles. The molecule has 4 N–H and O–H groups in total. The van der Waals surface area contributed by atoms with Crippen molar-refractivity contribution in [1.29, 1.82) is 0 Å². The Labute approximate surface area is 218 Å². The molecule has 10 nitrogen and oxygen atoms in total. The number of nitrogen functional groups attached to an aromatic ring is 1. The fourth-order valence-electron chi connectivity index (χ4n) is 4.24. The standard InChI is InChI=1S/C27H40N2O8/c1-6-7-8-9-11-19-24(37-21(30)14-15(2)3)17(5)36-27(34)22(16(4)35-26(19)33)29-25(32)18-12-10-13-20(28)23(18)31/h10,12-13,15-17,19,22,24,31H,6-9,11,14,28H2,1-5H3,(H,29,32)/t16-,17+,19-,22+,24+/m1/s1. The molecule has 0 unspecified atom stereocenters. The summed E-state index contributed by atoms with van der Waals surface area (Å²) in [6, 6.07) is 2.88. The Morgan fingerprint density at radius 2 is 1.76 bits per heavy atom. The first kappa shape index (κ1) is 29.9. The number of carbonyl (C=O) groups is 4. The number of para-hydroxylation sites is 1. The van der Waals surface area contributed by atoms with Crippen molar-refractivity contribution in [2.24, 2.45) is 11.8 Å². The third-order valence-corrected chi connectivity index (χ3v) is 6.30. The number of hydrogen-bond donors (Lipinski definition) is 3. The number of nitrogens with one attached hydrogen (secondary N) is 1. The number of cyclic esters (lactones) is 2. The van der Waals surface area contributed by atoms with Gasteiger partial charge in [0.2, 0.25) is 0 Å². The van der Waals surface area contributed by atoms with Gasteiger partial charge >= 0.3 is 17.9 Å². The molecule has 1 aromatic carbocycles. The minimum atomic E-state index is -1.37. The van der Waals surface area contributed by atoms with Gasteiger partial charge in [-0.25, -0.2) is 4.79 Å². The molecule has 1 aliphatic rings. The Morgan fingerprint density at radius 1 is 1.08 bits per heavy atom. The second-order valence-electron chi connectivity index (χ2n) is 9.99. The van der Waals surface area contributed by atoms with Crippen LogP contribution in [-0.4, -0.2) is 53.3 Å². The number of phenols is 1. The van der Waals surface area contributed by atoms with Crippen LogP contribution in [0.2, 0.25) is 0 Å². The van der Waals surface area contributed by atoms with Gasteiger partial charge in [-0.15, -0.1) is 0 Å². The summed E-state index contributed by atoms with van der Waals surface area (Å²) >= 11 is 0. The third-order valence-electron chi connectivity index (χ3n) is 6.30. The summed E-state index contributed by atoms with van der Waals surface area (Å²) in [5.74, 6) is -4.02. The number of phenolic OH excluding ortho intramolecular Hbond substituents is 1. The molecule has 206 valence electrons. The lowest BCUT2D eigenvalue weighted by molar-refractivity contribution is -0.175. The minimum absolute atomic E-state index is 0.00485. The maximum Gasteiger partial charge on any atom is 0.332 e. The van der Waals surface area contributed by atoms with Crippen molar-refractivity contribution in [3.63, 3.8) is 0 Å². The second kappa shape index (κ2) is 13.9. The van der Waals surface area contributed by atoms with Gasteiger partial charge in [0.25, 0.3) is 5.91 Å². The SMILES string of the molecule is CCCCCC[C@H]1C(=O)O[C@H](C)[C@H](NC(=O)c2cccc(N)c2O)C(=O)O[C@@H](C)[C@@H]1OC(=O)CC(C)C. The van der Waals surface area contributed by atoms with E-state index in [1.807, 2.05) is 13.8 Å². The monoisotopic (exact) mass is 520 g/mol. The van der Waals surface area contributed by atoms with E-state index in [1.54, 1.807) is 6.92 Å². The lowest BCUT2D eigenvalue weighted by Crippen LogP contribution is -2.50. The van der Waals surface area contributed by atoms with Gasteiger partial charge < -0.3 is 30.4 Å². The number of anilines is 1. The summed E-state index contributed by atoms with van der Waals surface area (Å²) in [5, 5.41) is 12.6. The normalized spacial score (nSPS) is 24.3. The van der Waals surface area contributed by atoms with E-state index in [4.69, 9.17) is 19.9 Å². The predicted molar refractivity (Wildman–Crippen MR) is 136 cm³/mol. The molecule has 0 spiro atoms. The zero-order valence-electron chi connectivity index (χ0n) is 22.3. The van der Waals surface area contributed by atoms with Crippen LogP contribution < -0.4 is 11.1 Å². The molecule has 0 radical (unpaired) electrons. The smallest absolute Gasteiger partial charge is 0.332 e. The summed E-state index contributed by atoms with van der Waals surface area (Å²) in [6.45, 7) is 8.84. The molecule has 1 heterocycles. The lowest BCUT2D eigenvalue weighted by atomic mass is 9.92. The van der Waals surface area contributed by atoms with Gasteiger partial charge in [0, 0.05) is 6.42 Å². The first-order valence-electron chi connectivity index (χ1n) is 12.9. The fraction of sp³-hybridized carbons (Fsp3) is 0.630. The van der Waals surface area contributed by atoms with E-state index in [2.05, 4.69) is 12.2 Å². The second-order valence-corrected chi connectivity index (χ2v) is 9.99. The van der Waals surface area contributed by atoms with Crippen LogP contribution in [0.1, 0.15) is 83.5 Å². The topological polar surface area (TPSA) is 154 Å². The summed E-state index contributed by atoms with van der Waals surface area (Å²) < 4.78 is 16.9. The first-order valence-corrected chi connectivity index (χ1v) is 12.9. The average Bonchev–Trinajstić information content (AvgIpc) is 2.84. The number of carbonyl (C=O) groups excluding carboxylic acids is 4. The van der Waals surface area contributed by atoms with Crippen molar-refractivity contribution >= 4 is 29.5 Å². The number of esters is 3. The van der Waals surface area contributed by atoms with Gasteiger partial charge in [-0.1, -0.05) is 52.5 Å². The highest BCUT2D eigenvalue weighted by molar-refractivity contribution is 6.00. The molecule has 37 heavy (non-hydrogen) atoms. The number of hydrogen-bond acceptors (Lipinski definition) is 9. The molecule has 0 bridgehead atoms. The largest absolute Gasteiger partial charge is 0.505 e. The molecule has 1 aliphatic heterocycles. The third kappa shape index (κ3) is 8.36. The fourth-order valence-corrected chi connectivity index (χ4v) is 4.24. The van der Waals surface area contributed by atoms with E-state index in [-0.39, 0.29) is 23.6 Å². The Hall–Kier alpha value is -3.30. The number of ether oxygens (including phenoxy) is 3. The van der Waals surface area contributed by atoms with Gasteiger partial charge in [0.05, 0.1) is 17.2 Å². The highest BCUT2D eigenvalue weighted by Crippen LogP contribution is 2.28. The summed E-state index contributed by atoms with van der Waals surface area (Å²) in [7, 11) is 0. The van der Waals surface area contributed by atoms with Gasteiger partial charge in [-0.05, 0) is 38.3 Å². The van der Waals surface area contributed by atoms with Crippen LogP contribution in [0.25, 0.3) is 0 Å². The van der Waals surface area contributed by atoms with Crippen molar-refractivity contribution in [1.82, 2.24) is 5.32 Å². The summed E-state index contributed by atoms with van der Waals surface area (Å²) in [6.07, 6.45) is 1.02. The van der Waals surface area contributed by atoms with E-state index in [0.29, 0.717) is 12.8 Å². The maximum absolute atomic E-state index is 13.3. The zero-order chi connectivity index (χ0) is 27.7. The van der Waals surface area contributed by atoms with Crippen molar-refractivity contribution in [3.8, 4) is 5.75 Å². The molecule has 0 aromatic heterocycles. The molecule has 1 saturated heterocycles. The zero-order valence-corrected chi connectivity index (χ0v) is 22.3. The van der Waals surface area contributed by atoms with Crippen LogP contribution in [0, 0.1) is 11.8 Å². The summed E-state index contributed by atoms with van der Waals surface area (Å²) in [5.41, 5.74) is 5.53. The van der Waals surface area contributed by atoms with E-state index in [1.165, 1.54) is 25.1 Å². The van der Waals surface area contributed by atoms with E-state index in [9.17, 15) is 24.3 Å². The van der Waals surface area contributed by atoms with Crippen LogP contribution in [0.3, 0.4) is 0 Å². The Morgan fingerprint density at radius 3 is 2.41 bits per heavy atom. The highest BCUT2D eigenvalue weighted by Gasteiger charge is 2.43. The molecular formula is C27H40N2O8. The highest BCUT2D eigenvalue weighted by atomic mass is 16.6. The Balaban J connectivity index is 2.32. The molecular weight excluding hydrogens is 480 g/mol. The van der Waals surface area contributed by atoms with Gasteiger partial charge in [0.15, 0.2) is 17.9 Å². The van der Waals surface area contributed by atoms with Crippen molar-refractivity contribution < 1.29 is 38.5 Å². The van der Waals surface area contributed by atoms with Crippen LogP contribution in [-0.2, 0) is 28.6 Å². The van der Waals surface area contributed by atoms with E-state index >= 15 is 0 Å². The Kier molecular flexibility index (Phi) is 11.2. The van der Waals surface area contributed by atoms with Gasteiger partial charge in [-0.2, -0.15) is 0 Å². The molecule has 1 fully saturated rings. The number of unbranched alkanes of at least 4 members (excludes halogenated alkanes) is 3. The lowest BCUT2D eigenvalue weighted by Gasteiger charge is -2.29. The van der Waals surface area contributed by atoms with E-state index < -0.39 is 59.8 Å². The quantitative estimate of drug-likeness (QED) is 0.138. The number of amides is 1. The maximum atomic E-state index is 13.3. The van der Waals surface area contributed by atoms with Crippen LogP contribution in [0.5, 0.6) is 5.75 Å². The van der Waals surface area contributed by atoms with Crippen LogP contribution in [0.4, 0.5) is 5.69 Å². The number of nitrogens with two attached hydrogens (primary N) is 1. The van der Waals surface area contributed by atoms with Crippen molar-refractivity contribution in [2.45, 2.75) is 97.5 Å². The van der Waals surface area contributed by atoms with Crippen molar-refractivity contribution in [2.75, 3.05) is 5.73 Å². The molecule has 1 aromatic rings. The molecule has 5 atom stereocenters. The molecule has 1 amide bonds. The van der Waals surface area contributed by atoms with Crippen LogP contribution in [0.15, 0.2) is 18.2 Å². The van der Waals surface area contributed by atoms with E-state index in [0.717, 1.165) is 19.3 Å². The molecule has 2 rings (SSSR count). The average molecular weight is 521 g/mol. The Bertz CT molecular complexity index is 964. The van der Waals surface area contributed by atoms with Gasteiger partial charge in [0.1, 0.15) is 12.2 Å². The van der Waals surface area contributed by atoms with Gasteiger partial charge in [-0.3, -0.25) is 14.4 Å². The minimum Gasteiger partial charge on any atom is -0.505 e. The number of aromatic hydroxyl groups is 1. The summed E-state index contributed by atoms with van der Waals surface area (Å²) in [4.78, 5) is 51.8. The number of rotatable bonds is 10. The first-order chi connectivity index (χ1) is 17.5. The number of benzene rings is 1. The molecule has 10 heteroatoms.